The molecule has 2 aliphatic rings. The van der Waals surface area contributed by atoms with Crippen molar-refractivity contribution < 1.29 is 4.79 Å². The second-order valence-corrected chi connectivity index (χ2v) is 9.06. The van der Waals surface area contributed by atoms with Gasteiger partial charge in [0, 0.05) is 24.2 Å². The zero-order valence-corrected chi connectivity index (χ0v) is 17.1. The summed E-state index contributed by atoms with van der Waals surface area (Å²) in [5.74, 6) is 0.571. The number of piperidine rings is 1. The van der Waals surface area contributed by atoms with Gasteiger partial charge in [0.05, 0.1) is 5.54 Å². The second kappa shape index (κ2) is 8.12. The fraction of sp³-hybridized carbons (Fsp3) is 0.810. The number of hydrogen-bond donors (Lipinski definition) is 1. The van der Waals surface area contributed by atoms with Crippen LogP contribution in [0.2, 0.25) is 0 Å². The van der Waals surface area contributed by atoms with Crippen LogP contribution in [0.3, 0.4) is 0 Å². The van der Waals surface area contributed by atoms with Crippen molar-refractivity contribution in [3.05, 3.63) is 17.5 Å². The van der Waals surface area contributed by atoms with Gasteiger partial charge in [-0.2, -0.15) is 5.10 Å². The third-order valence-corrected chi connectivity index (χ3v) is 5.65. The molecule has 1 N–H and O–H groups in total. The molecule has 1 saturated heterocycles. The van der Waals surface area contributed by atoms with Gasteiger partial charge in [-0.25, -0.2) is 0 Å². The fourth-order valence-corrected chi connectivity index (χ4v) is 3.96. The summed E-state index contributed by atoms with van der Waals surface area (Å²) in [6.07, 6.45) is 8.65. The summed E-state index contributed by atoms with van der Waals surface area (Å²) >= 11 is 0. The molecule has 146 valence electrons. The third kappa shape index (κ3) is 4.67. The molecule has 1 aliphatic heterocycles. The topological polar surface area (TPSA) is 50.2 Å². The van der Waals surface area contributed by atoms with E-state index in [0.29, 0.717) is 17.7 Å². The van der Waals surface area contributed by atoms with E-state index in [-0.39, 0.29) is 11.4 Å². The van der Waals surface area contributed by atoms with Gasteiger partial charge in [0.1, 0.15) is 5.69 Å². The van der Waals surface area contributed by atoms with Crippen LogP contribution in [0, 0.1) is 0 Å². The lowest BCUT2D eigenvalue weighted by Crippen LogP contribution is -2.47. The molecule has 3 rings (SSSR count). The number of hydrogen-bond acceptors (Lipinski definition) is 3. The Morgan fingerprint density at radius 3 is 2.69 bits per heavy atom. The van der Waals surface area contributed by atoms with Crippen LogP contribution in [0.15, 0.2) is 6.07 Å². The molecule has 1 saturated carbocycles. The van der Waals surface area contributed by atoms with Crippen molar-refractivity contribution in [1.29, 1.82) is 0 Å². The Morgan fingerprint density at radius 1 is 1.27 bits per heavy atom. The fourth-order valence-electron chi connectivity index (χ4n) is 3.96. The monoisotopic (exact) mass is 360 g/mol. The molecule has 2 heterocycles. The Kier molecular flexibility index (Phi) is 6.06. The van der Waals surface area contributed by atoms with Gasteiger partial charge in [-0.3, -0.25) is 14.4 Å². The molecule has 1 unspecified atom stereocenters. The van der Waals surface area contributed by atoms with E-state index in [2.05, 4.69) is 47.7 Å². The molecule has 5 nitrogen and oxygen atoms in total. The van der Waals surface area contributed by atoms with Crippen LogP contribution >= 0.6 is 0 Å². The first kappa shape index (κ1) is 19.4. The highest BCUT2D eigenvalue weighted by atomic mass is 16.1. The first-order valence-electron chi connectivity index (χ1n) is 10.5. The van der Waals surface area contributed by atoms with E-state index in [9.17, 15) is 4.79 Å². The normalized spacial score (nSPS) is 21.8. The number of rotatable bonds is 7. The van der Waals surface area contributed by atoms with E-state index in [1.807, 2.05) is 6.07 Å². The average molecular weight is 361 g/mol. The minimum atomic E-state index is -0.0865. The van der Waals surface area contributed by atoms with Crippen LogP contribution in [0.5, 0.6) is 0 Å². The van der Waals surface area contributed by atoms with Crippen molar-refractivity contribution in [1.82, 2.24) is 20.0 Å². The Hall–Kier alpha value is -1.36. The van der Waals surface area contributed by atoms with Gasteiger partial charge in [-0.15, -0.1) is 0 Å². The smallest absolute Gasteiger partial charge is 0.271 e. The van der Waals surface area contributed by atoms with Crippen LogP contribution in [-0.2, 0) is 5.54 Å². The molecule has 1 aromatic heterocycles. The quantitative estimate of drug-likeness (QED) is 0.802. The van der Waals surface area contributed by atoms with Gasteiger partial charge in [-0.1, -0.05) is 19.8 Å². The van der Waals surface area contributed by atoms with E-state index in [1.165, 1.54) is 57.2 Å². The van der Waals surface area contributed by atoms with E-state index < -0.39 is 0 Å². The van der Waals surface area contributed by atoms with Crippen LogP contribution in [0.4, 0.5) is 0 Å². The first-order valence-corrected chi connectivity index (χ1v) is 10.5. The van der Waals surface area contributed by atoms with Crippen molar-refractivity contribution in [3.8, 4) is 0 Å². The molecule has 1 aliphatic carbocycles. The van der Waals surface area contributed by atoms with E-state index >= 15 is 0 Å². The van der Waals surface area contributed by atoms with Crippen LogP contribution in [-0.4, -0.2) is 46.3 Å². The Bertz CT molecular complexity index is 612. The van der Waals surface area contributed by atoms with Crippen molar-refractivity contribution in [2.24, 2.45) is 0 Å². The molecular formula is C21H36N4O. The van der Waals surface area contributed by atoms with Crippen molar-refractivity contribution in [2.75, 3.05) is 19.6 Å². The highest BCUT2D eigenvalue weighted by molar-refractivity contribution is 5.92. The van der Waals surface area contributed by atoms with E-state index in [1.54, 1.807) is 0 Å². The highest BCUT2D eigenvalue weighted by Crippen LogP contribution is 2.41. The maximum Gasteiger partial charge on any atom is 0.271 e. The van der Waals surface area contributed by atoms with Crippen molar-refractivity contribution >= 4 is 5.91 Å². The van der Waals surface area contributed by atoms with Gasteiger partial charge in [0.25, 0.3) is 5.91 Å². The molecule has 0 bridgehead atoms. The van der Waals surface area contributed by atoms with E-state index in [0.717, 1.165) is 13.1 Å². The molecule has 0 aromatic carbocycles. The SMILES string of the molecule is CCCCN1CCCCC1CNC(=O)c1cc(C2CC2)n(C(C)(C)C)n1. The van der Waals surface area contributed by atoms with Gasteiger partial charge in [0.2, 0.25) is 0 Å². The summed E-state index contributed by atoms with van der Waals surface area (Å²) in [7, 11) is 0. The minimum Gasteiger partial charge on any atom is -0.349 e. The number of unbranched alkanes of at least 4 members (excludes halogenated alkanes) is 1. The van der Waals surface area contributed by atoms with Gasteiger partial charge in [0.15, 0.2) is 0 Å². The van der Waals surface area contributed by atoms with Gasteiger partial charge < -0.3 is 5.32 Å². The zero-order valence-electron chi connectivity index (χ0n) is 17.1. The number of carbonyl (C=O) groups is 1. The molecule has 1 atom stereocenters. The summed E-state index contributed by atoms with van der Waals surface area (Å²) in [5.41, 5.74) is 1.72. The van der Waals surface area contributed by atoms with Crippen LogP contribution in [0.25, 0.3) is 0 Å². The predicted molar refractivity (Wildman–Crippen MR) is 106 cm³/mol. The molecule has 2 fully saturated rings. The Balaban J connectivity index is 1.62. The highest BCUT2D eigenvalue weighted by Gasteiger charge is 2.32. The lowest BCUT2D eigenvalue weighted by atomic mass is 10.0. The number of nitrogens with one attached hydrogen (secondary N) is 1. The maximum atomic E-state index is 12.7. The van der Waals surface area contributed by atoms with Crippen LogP contribution in [0.1, 0.15) is 94.7 Å². The lowest BCUT2D eigenvalue weighted by molar-refractivity contribution is 0.0906. The number of aromatic nitrogens is 2. The van der Waals surface area contributed by atoms with E-state index in [4.69, 9.17) is 0 Å². The summed E-state index contributed by atoms with van der Waals surface area (Å²) in [6, 6.07) is 2.50. The second-order valence-electron chi connectivity index (χ2n) is 9.06. The Morgan fingerprint density at radius 2 is 2.04 bits per heavy atom. The molecule has 26 heavy (non-hydrogen) atoms. The largest absolute Gasteiger partial charge is 0.349 e. The molecule has 1 amide bonds. The van der Waals surface area contributed by atoms with Gasteiger partial charge in [-0.05, 0) is 72.0 Å². The summed E-state index contributed by atoms with van der Waals surface area (Å²) < 4.78 is 2.06. The van der Waals surface area contributed by atoms with Gasteiger partial charge >= 0.3 is 0 Å². The number of amides is 1. The third-order valence-electron chi connectivity index (χ3n) is 5.65. The number of likely N-dealkylation sites (tertiary alicyclic amines) is 1. The summed E-state index contributed by atoms with van der Waals surface area (Å²) in [6.45, 7) is 11.8. The summed E-state index contributed by atoms with van der Waals surface area (Å²) in [5, 5.41) is 7.84. The minimum absolute atomic E-state index is 0.0177. The molecule has 0 spiro atoms. The molecule has 1 aromatic rings. The lowest BCUT2D eigenvalue weighted by Gasteiger charge is -2.35. The maximum absolute atomic E-state index is 12.7. The Labute approximate surface area is 158 Å². The zero-order chi connectivity index (χ0) is 18.7. The predicted octanol–water partition coefficient (Wildman–Crippen LogP) is 3.90. The molecular weight excluding hydrogens is 324 g/mol. The summed E-state index contributed by atoms with van der Waals surface area (Å²) in [4.78, 5) is 15.3. The van der Waals surface area contributed by atoms with Crippen molar-refractivity contribution in [3.63, 3.8) is 0 Å². The van der Waals surface area contributed by atoms with Crippen LogP contribution < -0.4 is 5.32 Å². The molecule has 0 radical (unpaired) electrons. The van der Waals surface area contributed by atoms with Crippen molar-refractivity contribution in [2.45, 2.75) is 90.1 Å². The average Bonchev–Trinajstić information content (AvgIpc) is 3.35. The first-order chi connectivity index (χ1) is 12.4. The standard InChI is InChI=1S/C21H36N4O/c1-5-6-12-24-13-8-7-9-17(24)15-22-20(26)18-14-19(16-10-11-16)25(23-18)21(2,3)4/h14,16-17H,5-13,15H2,1-4H3,(H,22,26). The molecule has 5 heteroatoms. The number of carbonyl (C=O) groups excluding carboxylic acids is 1. The number of nitrogens with zero attached hydrogens (tertiary/aromatic N) is 3.